The number of halogens is 6. The average molecular weight is 644 g/mol. The van der Waals surface area contributed by atoms with Crippen LogP contribution >= 0.6 is 23.2 Å². The summed E-state index contributed by atoms with van der Waals surface area (Å²) < 4.78 is 53.5. The van der Waals surface area contributed by atoms with Crippen LogP contribution in [-0.4, -0.2) is 89.8 Å². The molecule has 234 valence electrons. The first-order chi connectivity index (χ1) is 20.4. The summed E-state index contributed by atoms with van der Waals surface area (Å²) in [5.41, 5.74) is 0.00433. The van der Waals surface area contributed by atoms with Gasteiger partial charge in [-0.15, -0.1) is 0 Å². The van der Waals surface area contributed by atoms with E-state index in [1.807, 2.05) is 27.8 Å². The van der Waals surface area contributed by atoms with Gasteiger partial charge in [-0.2, -0.15) is 13.2 Å². The van der Waals surface area contributed by atoms with Crippen LogP contribution in [0.3, 0.4) is 0 Å². The van der Waals surface area contributed by atoms with Gasteiger partial charge in [0.2, 0.25) is 11.8 Å². The minimum Gasteiger partial charge on any atom is -0.340 e. The van der Waals surface area contributed by atoms with E-state index < -0.39 is 17.6 Å². The van der Waals surface area contributed by atoms with Gasteiger partial charge in [-0.1, -0.05) is 35.3 Å². The molecule has 0 radical (unpaired) electrons. The maximum Gasteiger partial charge on any atom is 0.419 e. The molecule has 2 amide bonds. The molecule has 0 saturated carbocycles. The molecule has 2 atom stereocenters. The van der Waals surface area contributed by atoms with Crippen LogP contribution in [0.15, 0.2) is 36.4 Å². The van der Waals surface area contributed by atoms with Crippen LogP contribution in [0.4, 0.5) is 17.6 Å². The average Bonchev–Trinajstić information content (AvgIpc) is 3.41. The van der Waals surface area contributed by atoms with Gasteiger partial charge in [-0.3, -0.25) is 19.4 Å². The second kappa shape index (κ2) is 13.3. The fourth-order valence-corrected chi connectivity index (χ4v) is 7.00. The van der Waals surface area contributed by atoms with E-state index in [2.05, 4.69) is 4.90 Å². The summed E-state index contributed by atoms with van der Waals surface area (Å²) in [6.45, 7) is 3.62. The minimum atomic E-state index is -4.76. The van der Waals surface area contributed by atoms with Gasteiger partial charge in [0.1, 0.15) is 5.82 Å². The Kier molecular flexibility index (Phi) is 9.90. The van der Waals surface area contributed by atoms with Gasteiger partial charge < -0.3 is 9.80 Å². The molecule has 3 aliphatic rings. The third kappa shape index (κ3) is 7.47. The zero-order valence-electron chi connectivity index (χ0n) is 24.1. The summed E-state index contributed by atoms with van der Waals surface area (Å²) in [5.74, 6) is -1.22. The van der Waals surface area contributed by atoms with Crippen molar-refractivity contribution in [1.29, 1.82) is 0 Å². The summed E-state index contributed by atoms with van der Waals surface area (Å²) >= 11 is 12.5. The number of benzene rings is 2. The van der Waals surface area contributed by atoms with Crippen LogP contribution in [0.2, 0.25) is 10.0 Å². The Bertz CT molecular complexity index is 1340. The number of hydrogen-bond donors (Lipinski definition) is 0. The summed E-state index contributed by atoms with van der Waals surface area (Å²) in [6, 6.07) is 8.39. The summed E-state index contributed by atoms with van der Waals surface area (Å²) in [4.78, 5) is 33.8. The van der Waals surface area contributed by atoms with Crippen molar-refractivity contribution in [3.05, 3.63) is 69.0 Å². The van der Waals surface area contributed by atoms with Crippen LogP contribution in [0, 0.1) is 5.82 Å². The lowest BCUT2D eigenvalue weighted by Gasteiger charge is -2.40. The standard InChI is InChI=1S/C31H36Cl2F4N4O2/c1-38(16-20-5-7-24(27(34)14-20)31(35,36)37)28-18-40(17-23(28)21-6-8-25(32)26(33)15-21)30(43)19-39-12-9-22(10-13-39)41-11-3-2-4-29(41)42/h5-8,14-15,22-23,28H,2-4,9-13,16-19H2,1H3/t23-,28+/m1/s1. The quantitative estimate of drug-likeness (QED) is 0.345. The van der Waals surface area contributed by atoms with Crippen LogP contribution in [-0.2, 0) is 22.3 Å². The molecule has 3 aliphatic heterocycles. The lowest BCUT2D eigenvalue weighted by atomic mass is 9.93. The number of rotatable bonds is 7. The summed E-state index contributed by atoms with van der Waals surface area (Å²) in [7, 11) is 1.82. The Balaban J connectivity index is 1.26. The Labute approximate surface area is 259 Å². The topological polar surface area (TPSA) is 47.1 Å². The van der Waals surface area contributed by atoms with Gasteiger partial charge in [-0.25, -0.2) is 4.39 Å². The SMILES string of the molecule is CN(Cc1ccc(C(F)(F)F)c(F)c1)[C@H]1CN(C(=O)CN2CCC(N3CCCCC3=O)CC2)C[C@@H]1c1ccc(Cl)c(Cl)c1. The van der Waals surface area contributed by atoms with Crippen molar-refractivity contribution in [3.8, 4) is 0 Å². The molecule has 3 fully saturated rings. The molecule has 3 saturated heterocycles. The van der Waals surface area contributed by atoms with Crippen molar-refractivity contribution >= 4 is 35.0 Å². The zero-order chi connectivity index (χ0) is 30.9. The highest BCUT2D eigenvalue weighted by Crippen LogP contribution is 2.36. The third-order valence-corrected chi connectivity index (χ3v) is 9.81. The van der Waals surface area contributed by atoms with E-state index in [0.717, 1.165) is 63.0 Å². The monoisotopic (exact) mass is 642 g/mol. The Morgan fingerprint density at radius 2 is 1.74 bits per heavy atom. The maximum atomic E-state index is 14.3. The number of piperidine rings is 2. The van der Waals surface area contributed by atoms with Gasteiger partial charge in [0, 0.05) is 63.7 Å². The normalized spacial score (nSPS) is 22.6. The van der Waals surface area contributed by atoms with Crippen molar-refractivity contribution in [1.82, 2.24) is 19.6 Å². The van der Waals surface area contributed by atoms with Crippen molar-refractivity contribution < 1.29 is 27.2 Å². The van der Waals surface area contributed by atoms with Crippen LogP contribution in [0.25, 0.3) is 0 Å². The second-order valence-corrected chi connectivity index (χ2v) is 12.7. The van der Waals surface area contributed by atoms with Gasteiger partial charge in [0.25, 0.3) is 0 Å². The molecule has 2 aromatic rings. The highest BCUT2D eigenvalue weighted by molar-refractivity contribution is 6.42. The number of hydrogen-bond acceptors (Lipinski definition) is 4. The smallest absolute Gasteiger partial charge is 0.340 e. The fourth-order valence-electron chi connectivity index (χ4n) is 6.69. The van der Waals surface area contributed by atoms with E-state index >= 15 is 0 Å². The maximum absolute atomic E-state index is 14.3. The van der Waals surface area contributed by atoms with E-state index in [1.54, 1.807) is 12.1 Å². The van der Waals surface area contributed by atoms with Crippen molar-refractivity contribution in [3.63, 3.8) is 0 Å². The predicted molar refractivity (Wildman–Crippen MR) is 157 cm³/mol. The van der Waals surface area contributed by atoms with E-state index in [1.165, 1.54) is 6.07 Å². The van der Waals surface area contributed by atoms with Crippen LogP contribution < -0.4 is 0 Å². The molecule has 6 nitrogen and oxygen atoms in total. The lowest BCUT2D eigenvalue weighted by Crippen LogP contribution is -2.50. The highest BCUT2D eigenvalue weighted by Gasteiger charge is 2.40. The molecule has 2 aromatic carbocycles. The molecule has 5 rings (SSSR count). The number of amides is 2. The van der Waals surface area contributed by atoms with Gasteiger partial charge >= 0.3 is 6.18 Å². The summed E-state index contributed by atoms with van der Waals surface area (Å²) in [6.07, 6.45) is -0.445. The predicted octanol–water partition coefficient (Wildman–Crippen LogP) is 6.05. The number of alkyl halides is 3. The van der Waals surface area contributed by atoms with Crippen LogP contribution in [0.1, 0.15) is 54.7 Å². The molecule has 0 spiro atoms. The molecule has 0 bridgehead atoms. The molecule has 43 heavy (non-hydrogen) atoms. The molecule has 0 unspecified atom stereocenters. The zero-order valence-corrected chi connectivity index (χ0v) is 25.6. The van der Waals surface area contributed by atoms with Crippen molar-refractivity contribution in [2.24, 2.45) is 0 Å². The Hall–Kier alpha value is -2.40. The van der Waals surface area contributed by atoms with Crippen molar-refractivity contribution in [2.75, 3.05) is 46.3 Å². The molecule has 12 heteroatoms. The second-order valence-electron chi connectivity index (χ2n) is 11.9. The van der Waals surface area contributed by atoms with E-state index in [0.29, 0.717) is 35.1 Å². The third-order valence-electron chi connectivity index (χ3n) is 9.07. The highest BCUT2D eigenvalue weighted by atomic mass is 35.5. The number of likely N-dealkylation sites (tertiary alicyclic amines) is 3. The molecular formula is C31H36Cl2F4N4O2. The first kappa shape index (κ1) is 32.0. The Morgan fingerprint density at radius 3 is 2.40 bits per heavy atom. The minimum absolute atomic E-state index is 0.00552. The number of nitrogens with zero attached hydrogens (tertiary/aromatic N) is 4. The number of carbonyl (C=O) groups excluding carboxylic acids is 2. The van der Waals surface area contributed by atoms with Gasteiger partial charge in [0.05, 0.1) is 22.2 Å². The van der Waals surface area contributed by atoms with E-state index in [4.69, 9.17) is 23.2 Å². The largest absolute Gasteiger partial charge is 0.419 e. The molecular weight excluding hydrogens is 607 g/mol. The number of likely N-dealkylation sites (N-methyl/N-ethyl adjacent to an activating group) is 1. The summed E-state index contributed by atoms with van der Waals surface area (Å²) in [5, 5.41) is 0.807. The van der Waals surface area contributed by atoms with E-state index in [-0.39, 0.29) is 42.9 Å². The molecule has 0 aromatic heterocycles. The van der Waals surface area contributed by atoms with Crippen LogP contribution in [0.5, 0.6) is 0 Å². The molecule has 0 N–H and O–H groups in total. The van der Waals surface area contributed by atoms with Gasteiger partial charge in [0.15, 0.2) is 0 Å². The Morgan fingerprint density at radius 1 is 1.00 bits per heavy atom. The number of carbonyl (C=O) groups is 2. The van der Waals surface area contributed by atoms with Gasteiger partial charge in [-0.05, 0) is 68.1 Å². The molecule has 0 aliphatic carbocycles. The lowest BCUT2D eigenvalue weighted by molar-refractivity contribution is -0.140. The first-order valence-corrected chi connectivity index (χ1v) is 15.5. The van der Waals surface area contributed by atoms with Crippen molar-refractivity contribution in [2.45, 2.75) is 62.8 Å². The van der Waals surface area contributed by atoms with E-state index in [9.17, 15) is 27.2 Å². The fraction of sp³-hybridized carbons (Fsp3) is 0.548. The molecule has 3 heterocycles. The first-order valence-electron chi connectivity index (χ1n) is 14.7.